The normalized spacial score (nSPS) is 19.7. The molecule has 2 atom stereocenters. The molecule has 3 rings (SSSR count). The number of fused-ring (bicyclic) bond motifs is 2. The van der Waals surface area contributed by atoms with Crippen molar-refractivity contribution in [3.05, 3.63) is 30.0 Å². The molecule has 18 heavy (non-hydrogen) atoms. The Balaban J connectivity index is 2.09. The summed E-state index contributed by atoms with van der Waals surface area (Å²) in [5, 5.41) is 18.3. The summed E-state index contributed by atoms with van der Waals surface area (Å²) in [4.78, 5) is 20.3. The van der Waals surface area contributed by atoms with Crippen molar-refractivity contribution in [3.8, 4) is 5.88 Å². The third-order valence-corrected chi connectivity index (χ3v) is 2.81. The van der Waals surface area contributed by atoms with Crippen LogP contribution in [0, 0.1) is 0 Å². The molecule has 6 heteroatoms. The predicted octanol–water partition coefficient (Wildman–Crippen LogP) is -0.0733. The van der Waals surface area contributed by atoms with Gasteiger partial charge in [-0.15, -0.1) is 0 Å². The Morgan fingerprint density at radius 3 is 2.61 bits per heavy atom. The molecule has 0 fully saturated rings. The van der Waals surface area contributed by atoms with Crippen molar-refractivity contribution in [2.75, 3.05) is 6.61 Å². The van der Waals surface area contributed by atoms with Crippen LogP contribution in [0.5, 0.6) is 5.88 Å². The van der Waals surface area contributed by atoms with Gasteiger partial charge < -0.3 is 14.9 Å². The second-order valence-corrected chi connectivity index (χ2v) is 4.02. The molecular weight excluding hydrogens is 236 g/mol. The number of aromatic nitrogens is 2. The van der Waals surface area contributed by atoms with Crippen molar-refractivity contribution in [2.45, 2.75) is 12.2 Å². The second-order valence-electron chi connectivity index (χ2n) is 4.02. The molecule has 1 aromatic carbocycles. The first kappa shape index (κ1) is 11.1. The number of carbonyl (C=O) groups excluding carboxylic acids is 1. The van der Waals surface area contributed by atoms with Crippen LogP contribution in [-0.4, -0.2) is 44.8 Å². The van der Waals surface area contributed by atoms with Crippen molar-refractivity contribution in [1.29, 1.82) is 0 Å². The number of nitrogens with zero attached hydrogens (tertiary/aromatic N) is 2. The Labute approximate surface area is 102 Å². The van der Waals surface area contributed by atoms with Crippen LogP contribution in [0.2, 0.25) is 0 Å². The number of ether oxygens (including phenoxy) is 1. The Kier molecular flexibility index (Phi) is 2.46. The molecule has 0 amide bonds. The van der Waals surface area contributed by atoms with E-state index in [2.05, 4.69) is 9.97 Å². The maximum atomic E-state index is 11.9. The summed E-state index contributed by atoms with van der Waals surface area (Å²) in [6, 6.07) is 7.10. The van der Waals surface area contributed by atoms with E-state index < -0.39 is 24.6 Å². The summed E-state index contributed by atoms with van der Waals surface area (Å²) in [7, 11) is 0. The molecule has 1 aliphatic heterocycles. The van der Waals surface area contributed by atoms with Crippen LogP contribution < -0.4 is 4.74 Å². The quantitative estimate of drug-likeness (QED) is 0.770. The fourth-order valence-electron chi connectivity index (χ4n) is 1.88. The summed E-state index contributed by atoms with van der Waals surface area (Å²) in [5.74, 6) is -0.346. The van der Waals surface area contributed by atoms with E-state index >= 15 is 0 Å². The molecule has 2 aromatic rings. The van der Waals surface area contributed by atoms with Crippen LogP contribution in [0.1, 0.15) is 10.5 Å². The smallest absolute Gasteiger partial charge is 0.245 e. The van der Waals surface area contributed by atoms with Gasteiger partial charge in [0.1, 0.15) is 6.10 Å². The number of ketones is 1. The average Bonchev–Trinajstić information content (AvgIpc) is 2.72. The Morgan fingerprint density at radius 2 is 1.94 bits per heavy atom. The minimum atomic E-state index is -1.27. The van der Waals surface area contributed by atoms with E-state index in [-0.39, 0.29) is 11.6 Å². The molecule has 2 unspecified atom stereocenters. The molecule has 2 N–H and O–H groups in total. The predicted molar refractivity (Wildman–Crippen MR) is 61.4 cm³/mol. The lowest BCUT2D eigenvalue weighted by Crippen LogP contribution is -2.37. The van der Waals surface area contributed by atoms with Crippen molar-refractivity contribution in [3.63, 3.8) is 0 Å². The highest BCUT2D eigenvalue weighted by Crippen LogP contribution is 2.28. The summed E-state index contributed by atoms with van der Waals surface area (Å²) in [6.45, 7) is -0.552. The SMILES string of the molecule is O=C1c2nc3ccccc3nc2OC1C(O)CO. The number of rotatable bonds is 2. The van der Waals surface area contributed by atoms with Gasteiger partial charge in [0.25, 0.3) is 0 Å². The minimum Gasteiger partial charge on any atom is -0.461 e. The van der Waals surface area contributed by atoms with Crippen LogP contribution in [-0.2, 0) is 0 Å². The van der Waals surface area contributed by atoms with E-state index in [9.17, 15) is 9.90 Å². The molecule has 0 radical (unpaired) electrons. The van der Waals surface area contributed by atoms with E-state index in [1.165, 1.54) is 0 Å². The van der Waals surface area contributed by atoms with Gasteiger partial charge in [-0.2, -0.15) is 0 Å². The fraction of sp³-hybridized carbons (Fsp3) is 0.250. The second kappa shape index (κ2) is 4.01. The Hall–Kier alpha value is -2.05. The molecule has 0 aliphatic carbocycles. The van der Waals surface area contributed by atoms with E-state index in [0.29, 0.717) is 11.0 Å². The molecule has 6 nitrogen and oxygen atoms in total. The van der Waals surface area contributed by atoms with Crippen LogP contribution in [0.4, 0.5) is 0 Å². The van der Waals surface area contributed by atoms with Gasteiger partial charge in [-0.05, 0) is 12.1 Å². The molecule has 0 bridgehead atoms. The van der Waals surface area contributed by atoms with E-state index in [4.69, 9.17) is 9.84 Å². The lowest BCUT2D eigenvalue weighted by atomic mass is 10.1. The molecule has 0 spiro atoms. The first-order valence-corrected chi connectivity index (χ1v) is 5.47. The van der Waals surface area contributed by atoms with Gasteiger partial charge in [-0.3, -0.25) is 4.79 Å². The number of hydrogen-bond donors (Lipinski definition) is 2. The van der Waals surface area contributed by atoms with Crippen LogP contribution in [0.25, 0.3) is 11.0 Å². The van der Waals surface area contributed by atoms with Gasteiger partial charge in [0.2, 0.25) is 11.7 Å². The number of Topliss-reactive ketones (excluding diaryl/α,β-unsaturated/α-hetero) is 1. The number of hydrogen-bond acceptors (Lipinski definition) is 6. The molecule has 2 heterocycles. The number of aliphatic hydroxyl groups is 2. The zero-order valence-corrected chi connectivity index (χ0v) is 9.28. The lowest BCUT2D eigenvalue weighted by Gasteiger charge is -2.12. The number of benzene rings is 1. The summed E-state index contributed by atoms with van der Waals surface area (Å²) >= 11 is 0. The van der Waals surface area contributed by atoms with Crippen molar-refractivity contribution >= 4 is 16.8 Å². The van der Waals surface area contributed by atoms with Gasteiger partial charge in [0.15, 0.2) is 11.8 Å². The van der Waals surface area contributed by atoms with Crippen molar-refractivity contribution in [2.24, 2.45) is 0 Å². The van der Waals surface area contributed by atoms with Gasteiger partial charge in [-0.25, -0.2) is 9.97 Å². The van der Waals surface area contributed by atoms with Gasteiger partial charge >= 0.3 is 0 Å². The standard InChI is InChI=1S/C12H10N2O4/c15-5-8(16)11-10(17)9-12(18-11)14-7-4-2-1-3-6(7)13-9/h1-4,8,11,15-16H,5H2. The van der Waals surface area contributed by atoms with E-state index in [1.54, 1.807) is 24.3 Å². The number of aliphatic hydroxyl groups excluding tert-OH is 2. The lowest BCUT2D eigenvalue weighted by molar-refractivity contribution is 0.0113. The van der Waals surface area contributed by atoms with Gasteiger partial charge in [0.05, 0.1) is 17.6 Å². The third kappa shape index (κ3) is 1.54. The highest BCUT2D eigenvalue weighted by Gasteiger charge is 2.40. The third-order valence-electron chi connectivity index (χ3n) is 2.81. The Morgan fingerprint density at radius 1 is 1.28 bits per heavy atom. The first-order valence-electron chi connectivity index (χ1n) is 5.47. The largest absolute Gasteiger partial charge is 0.461 e. The van der Waals surface area contributed by atoms with Crippen molar-refractivity contribution < 1.29 is 19.7 Å². The maximum Gasteiger partial charge on any atom is 0.245 e. The van der Waals surface area contributed by atoms with Crippen LogP contribution in [0.3, 0.4) is 0 Å². The minimum absolute atomic E-state index is 0.103. The molecule has 92 valence electrons. The maximum absolute atomic E-state index is 11.9. The highest BCUT2D eigenvalue weighted by atomic mass is 16.5. The summed E-state index contributed by atoms with van der Waals surface area (Å²) < 4.78 is 5.25. The molecule has 0 saturated heterocycles. The zero-order chi connectivity index (χ0) is 12.7. The monoisotopic (exact) mass is 246 g/mol. The average molecular weight is 246 g/mol. The van der Waals surface area contributed by atoms with E-state index in [0.717, 1.165) is 0 Å². The van der Waals surface area contributed by atoms with Gasteiger partial charge in [-0.1, -0.05) is 12.1 Å². The molecule has 0 saturated carbocycles. The summed E-state index contributed by atoms with van der Waals surface area (Å²) in [5.41, 5.74) is 1.31. The topological polar surface area (TPSA) is 92.5 Å². The molecular formula is C12H10N2O4. The summed E-state index contributed by atoms with van der Waals surface area (Å²) in [6.07, 6.45) is -2.39. The number of para-hydroxylation sites is 2. The van der Waals surface area contributed by atoms with Crippen LogP contribution in [0.15, 0.2) is 24.3 Å². The van der Waals surface area contributed by atoms with Crippen molar-refractivity contribution in [1.82, 2.24) is 9.97 Å². The molecule has 1 aromatic heterocycles. The first-order chi connectivity index (χ1) is 8.70. The molecule has 1 aliphatic rings. The van der Waals surface area contributed by atoms with Crippen LogP contribution >= 0.6 is 0 Å². The Bertz CT molecular complexity index is 629. The van der Waals surface area contributed by atoms with Gasteiger partial charge in [0, 0.05) is 0 Å². The zero-order valence-electron chi connectivity index (χ0n) is 9.28. The number of carbonyl (C=O) groups is 1. The fourth-order valence-corrected chi connectivity index (χ4v) is 1.88. The highest BCUT2D eigenvalue weighted by molar-refractivity contribution is 6.04. The van der Waals surface area contributed by atoms with E-state index in [1.807, 2.05) is 0 Å².